The van der Waals surface area contributed by atoms with Crippen molar-refractivity contribution in [2.75, 3.05) is 6.54 Å². The maximum absolute atomic E-state index is 12.9. The van der Waals surface area contributed by atoms with Crippen molar-refractivity contribution in [3.8, 4) is 0 Å². The normalized spacial score (nSPS) is 22.5. The van der Waals surface area contributed by atoms with Crippen LogP contribution in [0.4, 0.5) is 13.2 Å². The van der Waals surface area contributed by atoms with E-state index in [0.29, 0.717) is 31.3 Å². The lowest BCUT2D eigenvalue weighted by atomic mass is 9.85. The van der Waals surface area contributed by atoms with E-state index in [2.05, 4.69) is 25.8 Å². The van der Waals surface area contributed by atoms with E-state index in [1.54, 1.807) is 0 Å². The standard InChI is InChI=1S/C15H25F3N6/c1-4-19-14(20-9-13-23-22-10(2)24(13)3)21-12-7-5-6-11(8-12)15(16,17)18/h11-12H,4-9H2,1-3H3,(H2,19,20,21). The molecule has 1 aliphatic carbocycles. The van der Waals surface area contributed by atoms with E-state index in [1.807, 2.05) is 25.5 Å². The van der Waals surface area contributed by atoms with Crippen molar-refractivity contribution < 1.29 is 13.2 Å². The van der Waals surface area contributed by atoms with Crippen molar-refractivity contribution in [1.29, 1.82) is 0 Å². The molecule has 6 nitrogen and oxygen atoms in total. The molecule has 1 saturated carbocycles. The summed E-state index contributed by atoms with van der Waals surface area (Å²) < 4.78 is 40.6. The summed E-state index contributed by atoms with van der Waals surface area (Å²) in [5.41, 5.74) is 0. The summed E-state index contributed by atoms with van der Waals surface area (Å²) in [7, 11) is 1.86. The Morgan fingerprint density at radius 2 is 2.08 bits per heavy atom. The fourth-order valence-corrected chi connectivity index (χ4v) is 2.87. The Labute approximate surface area is 139 Å². The number of aromatic nitrogens is 3. The third-order valence-electron chi connectivity index (χ3n) is 4.38. The maximum atomic E-state index is 12.9. The first-order valence-electron chi connectivity index (χ1n) is 8.27. The predicted molar refractivity (Wildman–Crippen MR) is 85.5 cm³/mol. The van der Waals surface area contributed by atoms with Crippen LogP contribution in [-0.2, 0) is 13.6 Å². The molecule has 0 amide bonds. The smallest absolute Gasteiger partial charge is 0.357 e. The molecular weight excluding hydrogens is 321 g/mol. The highest BCUT2D eigenvalue weighted by Crippen LogP contribution is 2.37. The van der Waals surface area contributed by atoms with Crippen LogP contribution in [0.5, 0.6) is 0 Å². The average Bonchev–Trinajstić information content (AvgIpc) is 2.84. The van der Waals surface area contributed by atoms with Crippen molar-refractivity contribution in [2.24, 2.45) is 18.0 Å². The number of alkyl halides is 3. The zero-order valence-corrected chi connectivity index (χ0v) is 14.3. The third-order valence-corrected chi connectivity index (χ3v) is 4.38. The second-order valence-corrected chi connectivity index (χ2v) is 6.16. The Balaban J connectivity index is 1.99. The number of nitrogens with one attached hydrogen (secondary N) is 2. The molecular formula is C15H25F3N6. The van der Waals surface area contributed by atoms with Gasteiger partial charge in [-0.2, -0.15) is 13.2 Å². The van der Waals surface area contributed by atoms with Crippen LogP contribution in [-0.4, -0.2) is 39.5 Å². The molecule has 0 saturated heterocycles. The lowest BCUT2D eigenvalue weighted by molar-refractivity contribution is -0.183. The quantitative estimate of drug-likeness (QED) is 0.648. The molecule has 1 aliphatic rings. The average molecular weight is 346 g/mol. The number of aryl methyl sites for hydroxylation is 1. The van der Waals surface area contributed by atoms with E-state index in [-0.39, 0.29) is 18.9 Å². The fourth-order valence-electron chi connectivity index (χ4n) is 2.87. The fraction of sp³-hybridized carbons (Fsp3) is 0.800. The molecule has 1 fully saturated rings. The minimum absolute atomic E-state index is 0.0942. The van der Waals surface area contributed by atoms with E-state index in [9.17, 15) is 13.2 Å². The van der Waals surface area contributed by atoms with Gasteiger partial charge in [-0.3, -0.25) is 0 Å². The topological polar surface area (TPSA) is 67.1 Å². The van der Waals surface area contributed by atoms with E-state index < -0.39 is 12.1 Å². The van der Waals surface area contributed by atoms with E-state index in [4.69, 9.17) is 0 Å². The minimum Gasteiger partial charge on any atom is -0.357 e. The highest BCUT2D eigenvalue weighted by atomic mass is 19.4. The molecule has 9 heteroatoms. The van der Waals surface area contributed by atoms with Gasteiger partial charge in [0.1, 0.15) is 12.4 Å². The van der Waals surface area contributed by atoms with Gasteiger partial charge in [-0.25, -0.2) is 4.99 Å². The van der Waals surface area contributed by atoms with Gasteiger partial charge in [0.15, 0.2) is 11.8 Å². The van der Waals surface area contributed by atoms with Crippen LogP contribution >= 0.6 is 0 Å². The number of hydrogen-bond acceptors (Lipinski definition) is 3. The lowest BCUT2D eigenvalue weighted by Gasteiger charge is -2.31. The Morgan fingerprint density at radius 3 is 2.67 bits per heavy atom. The summed E-state index contributed by atoms with van der Waals surface area (Å²) >= 11 is 0. The summed E-state index contributed by atoms with van der Waals surface area (Å²) in [6.07, 6.45) is -2.51. The van der Waals surface area contributed by atoms with E-state index in [0.717, 1.165) is 12.2 Å². The summed E-state index contributed by atoms with van der Waals surface area (Å²) in [5.74, 6) is 0.791. The van der Waals surface area contributed by atoms with Crippen LogP contribution in [0.2, 0.25) is 0 Å². The van der Waals surface area contributed by atoms with E-state index >= 15 is 0 Å². The van der Waals surface area contributed by atoms with Gasteiger partial charge in [0.25, 0.3) is 0 Å². The molecule has 0 aliphatic heterocycles. The largest absolute Gasteiger partial charge is 0.391 e. The second-order valence-electron chi connectivity index (χ2n) is 6.16. The second kappa shape index (κ2) is 7.85. The Kier molecular flexibility index (Phi) is 6.06. The molecule has 2 rings (SSSR count). The van der Waals surface area contributed by atoms with Crippen LogP contribution < -0.4 is 10.6 Å². The maximum Gasteiger partial charge on any atom is 0.391 e. The molecule has 1 heterocycles. The van der Waals surface area contributed by atoms with Gasteiger partial charge in [-0.15, -0.1) is 10.2 Å². The summed E-state index contributed by atoms with van der Waals surface area (Å²) in [6, 6.07) is -0.218. The van der Waals surface area contributed by atoms with Gasteiger partial charge in [0.2, 0.25) is 0 Å². The van der Waals surface area contributed by atoms with Crippen LogP contribution in [0.3, 0.4) is 0 Å². The van der Waals surface area contributed by atoms with Crippen LogP contribution in [0, 0.1) is 12.8 Å². The number of rotatable bonds is 4. The molecule has 1 aromatic heterocycles. The molecule has 2 atom stereocenters. The summed E-state index contributed by atoms with van der Waals surface area (Å²) in [5, 5.41) is 14.2. The summed E-state index contributed by atoms with van der Waals surface area (Å²) in [6.45, 7) is 4.73. The molecule has 1 aromatic rings. The van der Waals surface area contributed by atoms with E-state index in [1.165, 1.54) is 0 Å². The lowest BCUT2D eigenvalue weighted by Crippen LogP contribution is -2.46. The molecule has 2 unspecified atom stereocenters. The first-order chi connectivity index (χ1) is 11.3. The van der Waals surface area contributed by atoms with Crippen LogP contribution in [0.1, 0.15) is 44.3 Å². The molecule has 0 aromatic carbocycles. The monoisotopic (exact) mass is 346 g/mol. The number of hydrogen-bond donors (Lipinski definition) is 2. The SMILES string of the molecule is CCNC(=NCc1nnc(C)n1C)NC1CCCC(C(F)(F)F)C1. The highest BCUT2D eigenvalue weighted by molar-refractivity contribution is 5.80. The van der Waals surface area contributed by atoms with Crippen molar-refractivity contribution in [1.82, 2.24) is 25.4 Å². The van der Waals surface area contributed by atoms with Gasteiger partial charge >= 0.3 is 6.18 Å². The Hall–Kier alpha value is -1.80. The van der Waals surface area contributed by atoms with Gasteiger partial charge in [0.05, 0.1) is 5.92 Å². The zero-order chi connectivity index (χ0) is 17.7. The van der Waals surface area contributed by atoms with Crippen molar-refractivity contribution >= 4 is 5.96 Å². The Bertz CT molecular complexity index is 566. The van der Waals surface area contributed by atoms with Crippen LogP contribution in [0.25, 0.3) is 0 Å². The van der Waals surface area contributed by atoms with Crippen molar-refractivity contribution in [2.45, 2.75) is 58.3 Å². The van der Waals surface area contributed by atoms with Crippen LogP contribution in [0.15, 0.2) is 4.99 Å². The zero-order valence-electron chi connectivity index (χ0n) is 14.3. The minimum atomic E-state index is -4.12. The van der Waals surface area contributed by atoms with Crippen molar-refractivity contribution in [3.63, 3.8) is 0 Å². The molecule has 0 spiro atoms. The molecule has 0 radical (unpaired) electrons. The van der Waals surface area contributed by atoms with Gasteiger partial charge in [0, 0.05) is 19.6 Å². The van der Waals surface area contributed by atoms with Crippen molar-refractivity contribution in [3.05, 3.63) is 11.6 Å². The number of guanidine groups is 1. The third kappa shape index (κ3) is 4.85. The molecule has 0 bridgehead atoms. The summed E-state index contributed by atoms with van der Waals surface area (Å²) in [4.78, 5) is 4.43. The number of nitrogens with zero attached hydrogens (tertiary/aromatic N) is 4. The molecule has 24 heavy (non-hydrogen) atoms. The van der Waals surface area contributed by atoms with Gasteiger partial charge in [-0.05, 0) is 33.1 Å². The number of halogens is 3. The highest BCUT2D eigenvalue weighted by Gasteiger charge is 2.42. The first-order valence-corrected chi connectivity index (χ1v) is 8.27. The predicted octanol–water partition coefficient (Wildman–Crippen LogP) is 2.30. The molecule has 136 valence electrons. The first kappa shape index (κ1) is 18.5. The molecule has 2 N–H and O–H groups in total. The van der Waals surface area contributed by atoms with Gasteiger partial charge < -0.3 is 15.2 Å². The Morgan fingerprint density at radius 1 is 1.33 bits per heavy atom. The number of aliphatic imine (C=N–C) groups is 1. The van der Waals surface area contributed by atoms with Gasteiger partial charge in [-0.1, -0.05) is 6.42 Å².